The van der Waals surface area contributed by atoms with Crippen molar-refractivity contribution in [3.05, 3.63) is 5.89 Å². The van der Waals surface area contributed by atoms with E-state index >= 15 is 0 Å². The summed E-state index contributed by atoms with van der Waals surface area (Å²) >= 11 is 0. The van der Waals surface area contributed by atoms with Gasteiger partial charge in [-0.05, 0) is 24.7 Å². The third-order valence-corrected chi connectivity index (χ3v) is 3.48. The molecule has 1 aliphatic carbocycles. The van der Waals surface area contributed by atoms with Crippen LogP contribution in [0.25, 0.3) is 0 Å². The summed E-state index contributed by atoms with van der Waals surface area (Å²) in [5.41, 5.74) is 0.500. The summed E-state index contributed by atoms with van der Waals surface area (Å²) in [6, 6.07) is 0.977. The number of hydrogen-bond acceptors (Lipinski definition) is 5. The number of hydrogen-bond donors (Lipinski definition) is 2. The molecule has 0 aromatic carbocycles. The second-order valence-electron chi connectivity index (χ2n) is 5.64. The molecule has 1 saturated carbocycles. The van der Waals surface area contributed by atoms with Gasteiger partial charge in [0.25, 0.3) is 0 Å². The average molecular weight is 252 g/mol. The standard InChI is InChI=1S/C13H24N4O/c1-4-5-13(6-7-13)9-15-12-17-16-11(18-12)8-14-10(2)3/h10,14H,4-9H2,1-3H3,(H,15,17). The highest BCUT2D eigenvalue weighted by atomic mass is 16.4. The molecule has 0 amide bonds. The van der Waals surface area contributed by atoms with Crippen LogP contribution >= 0.6 is 0 Å². The minimum Gasteiger partial charge on any atom is -0.407 e. The van der Waals surface area contributed by atoms with Crippen LogP contribution in [0.4, 0.5) is 6.01 Å². The van der Waals surface area contributed by atoms with Crippen LogP contribution in [-0.4, -0.2) is 22.8 Å². The molecular weight excluding hydrogens is 228 g/mol. The molecule has 2 N–H and O–H groups in total. The van der Waals surface area contributed by atoms with Crippen LogP contribution in [0.3, 0.4) is 0 Å². The number of rotatable bonds is 8. The van der Waals surface area contributed by atoms with Crippen LogP contribution in [0.15, 0.2) is 4.42 Å². The fourth-order valence-corrected chi connectivity index (χ4v) is 2.17. The minimum absolute atomic E-state index is 0.424. The molecule has 1 aromatic heterocycles. The summed E-state index contributed by atoms with van der Waals surface area (Å²) in [6.07, 6.45) is 5.18. The number of nitrogens with zero attached hydrogens (tertiary/aromatic N) is 2. The number of anilines is 1. The molecule has 5 nitrogen and oxygen atoms in total. The average Bonchev–Trinajstić information content (AvgIpc) is 2.94. The predicted octanol–water partition coefficient (Wildman–Crippen LogP) is 2.56. The van der Waals surface area contributed by atoms with Gasteiger partial charge in [0.1, 0.15) is 0 Å². The topological polar surface area (TPSA) is 63.0 Å². The van der Waals surface area contributed by atoms with E-state index in [1.54, 1.807) is 0 Å². The zero-order valence-electron chi connectivity index (χ0n) is 11.6. The van der Waals surface area contributed by atoms with Gasteiger partial charge in [-0.15, -0.1) is 5.10 Å². The monoisotopic (exact) mass is 252 g/mol. The van der Waals surface area contributed by atoms with Gasteiger partial charge in [-0.2, -0.15) is 0 Å². The van der Waals surface area contributed by atoms with Crippen molar-refractivity contribution >= 4 is 6.01 Å². The van der Waals surface area contributed by atoms with Crippen molar-refractivity contribution in [2.45, 2.75) is 59.0 Å². The van der Waals surface area contributed by atoms with Crippen LogP contribution in [0, 0.1) is 5.41 Å². The molecule has 2 rings (SSSR count). The lowest BCUT2D eigenvalue weighted by atomic mass is 10.0. The van der Waals surface area contributed by atoms with Crippen LogP contribution in [0.2, 0.25) is 0 Å². The summed E-state index contributed by atoms with van der Waals surface area (Å²) in [4.78, 5) is 0. The Bertz CT molecular complexity index is 371. The van der Waals surface area contributed by atoms with Crippen LogP contribution in [0.5, 0.6) is 0 Å². The van der Waals surface area contributed by atoms with Gasteiger partial charge in [0.15, 0.2) is 0 Å². The fraction of sp³-hybridized carbons (Fsp3) is 0.846. The maximum Gasteiger partial charge on any atom is 0.315 e. The van der Waals surface area contributed by atoms with Crippen LogP contribution in [0.1, 0.15) is 52.3 Å². The maximum absolute atomic E-state index is 5.54. The zero-order valence-corrected chi connectivity index (χ0v) is 11.6. The summed E-state index contributed by atoms with van der Waals surface area (Å²) in [7, 11) is 0. The molecule has 5 heteroatoms. The van der Waals surface area contributed by atoms with Crippen molar-refractivity contribution in [2.75, 3.05) is 11.9 Å². The van der Waals surface area contributed by atoms with Gasteiger partial charge >= 0.3 is 6.01 Å². The van der Waals surface area contributed by atoms with Gasteiger partial charge in [-0.3, -0.25) is 0 Å². The van der Waals surface area contributed by atoms with E-state index in [4.69, 9.17) is 4.42 Å². The normalized spacial score (nSPS) is 17.1. The summed E-state index contributed by atoms with van der Waals surface area (Å²) < 4.78 is 5.54. The largest absolute Gasteiger partial charge is 0.407 e. The van der Waals surface area contributed by atoms with Crippen LogP contribution in [-0.2, 0) is 6.54 Å². The molecule has 0 unspecified atom stereocenters. The molecule has 18 heavy (non-hydrogen) atoms. The van der Waals surface area contributed by atoms with E-state index < -0.39 is 0 Å². The van der Waals surface area contributed by atoms with E-state index in [1.807, 2.05) is 0 Å². The SMILES string of the molecule is CCCC1(CNc2nnc(CNC(C)C)o2)CC1. The van der Waals surface area contributed by atoms with E-state index in [-0.39, 0.29) is 0 Å². The first-order chi connectivity index (χ1) is 8.63. The Morgan fingerprint density at radius 3 is 2.72 bits per heavy atom. The highest BCUT2D eigenvalue weighted by Gasteiger charge is 2.41. The van der Waals surface area contributed by atoms with Gasteiger partial charge < -0.3 is 15.1 Å². The molecule has 0 bridgehead atoms. The van der Waals surface area contributed by atoms with Crippen molar-refractivity contribution < 1.29 is 4.42 Å². The quantitative estimate of drug-likeness (QED) is 0.744. The van der Waals surface area contributed by atoms with E-state index in [9.17, 15) is 0 Å². The molecular formula is C13H24N4O. The van der Waals surface area contributed by atoms with Crippen molar-refractivity contribution in [1.29, 1.82) is 0 Å². The second kappa shape index (κ2) is 5.69. The highest BCUT2D eigenvalue weighted by molar-refractivity contribution is 5.19. The van der Waals surface area contributed by atoms with Gasteiger partial charge in [0.05, 0.1) is 6.54 Å². The molecule has 1 aromatic rings. The highest BCUT2D eigenvalue weighted by Crippen LogP contribution is 2.49. The first-order valence-corrected chi connectivity index (χ1v) is 6.93. The fourth-order valence-electron chi connectivity index (χ4n) is 2.17. The number of nitrogens with one attached hydrogen (secondary N) is 2. The van der Waals surface area contributed by atoms with Gasteiger partial charge in [-0.25, -0.2) is 0 Å². The lowest BCUT2D eigenvalue weighted by molar-refractivity contribution is 0.445. The Kier molecular flexibility index (Phi) is 4.22. The van der Waals surface area contributed by atoms with Crippen molar-refractivity contribution in [2.24, 2.45) is 5.41 Å². The van der Waals surface area contributed by atoms with E-state index in [2.05, 4.69) is 41.6 Å². The molecule has 0 spiro atoms. The van der Waals surface area contributed by atoms with E-state index in [0.717, 1.165) is 6.54 Å². The Hall–Kier alpha value is -1.10. The Balaban J connectivity index is 1.76. The Morgan fingerprint density at radius 1 is 1.33 bits per heavy atom. The first kappa shape index (κ1) is 13.3. The van der Waals surface area contributed by atoms with Crippen molar-refractivity contribution in [3.63, 3.8) is 0 Å². The predicted molar refractivity (Wildman–Crippen MR) is 71.3 cm³/mol. The lowest BCUT2D eigenvalue weighted by Crippen LogP contribution is -2.21. The molecule has 1 fully saturated rings. The molecule has 102 valence electrons. The maximum atomic E-state index is 5.54. The molecule has 1 aliphatic rings. The molecule has 0 saturated heterocycles. The van der Waals surface area contributed by atoms with Crippen molar-refractivity contribution in [3.8, 4) is 0 Å². The molecule has 1 heterocycles. The molecule has 0 atom stereocenters. The summed E-state index contributed by atoms with van der Waals surface area (Å²) in [6.45, 7) is 8.02. The van der Waals surface area contributed by atoms with Gasteiger partial charge in [0, 0.05) is 12.6 Å². The number of aromatic nitrogens is 2. The Morgan fingerprint density at radius 2 is 2.11 bits per heavy atom. The summed E-state index contributed by atoms with van der Waals surface area (Å²) in [5, 5.41) is 14.6. The van der Waals surface area contributed by atoms with Crippen molar-refractivity contribution in [1.82, 2.24) is 15.5 Å². The summed E-state index contributed by atoms with van der Waals surface area (Å²) in [5.74, 6) is 0.645. The smallest absolute Gasteiger partial charge is 0.315 e. The molecule has 0 radical (unpaired) electrons. The van der Waals surface area contributed by atoms with Crippen LogP contribution < -0.4 is 10.6 Å². The molecule has 0 aliphatic heterocycles. The van der Waals surface area contributed by atoms with Gasteiger partial charge in [-0.1, -0.05) is 32.3 Å². The zero-order chi connectivity index (χ0) is 13.0. The second-order valence-corrected chi connectivity index (χ2v) is 5.64. The van der Waals surface area contributed by atoms with Gasteiger partial charge in [0.2, 0.25) is 5.89 Å². The Labute approximate surface area is 109 Å². The van der Waals surface area contributed by atoms with E-state index in [1.165, 1.54) is 25.7 Å². The first-order valence-electron chi connectivity index (χ1n) is 6.93. The van der Waals surface area contributed by atoms with E-state index in [0.29, 0.717) is 29.9 Å². The lowest BCUT2D eigenvalue weighted by Gasteiger charge is -2.13. The minimum atomic E-state index is 0.424. The third-order valence-electron chi connectivity index (χ3n) is 3.48. The third kappa shape index (κ3) is 3.70.